The van der Waals surface area contributed by atoms with Crippen LogP contribution in [0, 0.1) is 6.92 Å². The minimum absolute atomic E-state index is 0.168. The van der Waals surface area contributed by atoms with Crippen LogP contribution < -0.4 is 15.8 Å². The second-order valence-electron chi connectivity index (χ2n) is 6.75. The molecule has 3 rings (SSSR count). The Balaban J connectivity index is 1.69. The predicted molar refractivity (Wildman–Crippen MR) is 129 cm³/mol. The number of rotatable bonds is 7. The molecule has 8 nitrogen and oxygen atoms in total. The molecular formula is C21H17Br2N3O5S. The lowest BCUT2D eigenvalue weighted by Crippen LogP contribution is -2.36. The number of thioether (sulfide) groups is 1. The topological polar surface area (TPSA) is 119 Å². The molecule has 0 aliphatic carbocycles. The molecule has 0 radical (unpaired) electrons. The molecule has 32 heavy (non-hydrogen) atoms. The first-order valence-electron chi connectivity index (χ1n) is 9.16. The first-order valence-corrected chi connectivity index (χ1v) is 11.6. The van der Waals surface area contributed by atoms with E-state index in [4.69, 9.17) is 10.5 Å². The van der Waals surface area contributed by atoms with E-state index in [0.717, 1.165) is 22.2 Å². The lowest BCUT2D eigenvalue weighted by molar-refractivity contribution is -0.127. The normalized spacial score (nSPS) is 14.7. The highest BCUT2D eigenvalue weighted by molar-refractivity contribution is 9.11. The molecule has 2 aromatic carbocycles. The second kappa shape index (κ2) is 10.3. The number of ether oxygens (including phenoxy) is 1. The van der Waals surface area contributed by atoms with Gasteiger partial charge in [0.15, 0.2) is 6.61 Å². The summed E-state index contributed by atoms with van der Waals surface area (Å²) in [4.78, 5) is 48.5. The quantitative estimate of drug-likeness (QED) is 0.475. The molecule has 0 bridgehead atoms. The van der Waals surface area contributed by atoms with Crippen LogP contribution in [0.5, 0.6) is 5.75 Å². The molecule has 0 saturated carbocycles. The molecule has 0 atom stereocenters. The third-order valence-corrected chi connectivity index (χ3v) is 6.24. The van der Waals surface area contributed by atoms with E-state index in [9.17, 15) is 19.2 Å². The number of nitrogens with two attached hydrogens (primary N) is 1. The van der Waals surface area contributed by atoms with Crippen molar-refractivity contribution in [3.63, 3.8) is 0 Å². The second-order valence-corrected chi connectivity index (χ2v) is 9.46. The van der Waals surface area contributed by atoms with Crippen molar-refractivity contribution in [3.05, 3.63) is 61.4 Å². The summed E-state index contributed by atoms with van der Waals surface area (Å²) in [7, 11) is 0. The Morgan fingerprint density at radius 1 is 1.19 bits per heavy atom. The van der Waals surface area contributed by atoms with Gasteiger partial charge in [-0.3, -0.25) is 24.1 Å². The summed E-state index contributed by atoms with van der Waals surface area (Å²) in [5.74, 6) is -1.27. The van der Waals surface area contributed by atoms with Crippen LogP contribution in [0.2, 0.25) is 0 Å². The van der Waals surface area contributed by atoms with E-state index in [-0.39, 0.29) is 17.4 Å². The zero-order valence-corrected chi connectivity index (χ0v) is 20.7. The monoisotopic (exact) mass is 581 g/mol. The van der Waals surface area contributed by atoms with Crippen LogP contribution in [-0.4, -0.2) is 41.0 Å². The number of hydrogen-bond donors (Lipinski definition) is 2. The maximum atomic E-state index is 12.4. The maximum Gasteiger partial charge on any atom is 0.294 e. The molecule has 3 N–H and O–H groups in total. The van der Waals surface area contributed by atoms with Gasteiger partial charge in [0.2, 0.25) is 5.91 Å². The highest BCUT2D eigenvalue weighted by atomic mass is 79.9. The van der Waals surface area contributed by atoms with Crippen LogP contribution >= 0.6 is 43.6 Å². The Labute approximate surface area is 204 Å². The SMILES string of the molecule is Cc1cccc(NC(=O)COc2c(Br)cc(/C=C3\SC(=O)N(CC(N)=O)C3=O)cc2Br)c1. The van der Waals surface area contributed by atoms with Crippen LogP contribution in [0.4, 0.5) is 10.5 Å². The van der Waals surface area contributed by atoms with Gasteiger partial charge >= 0.3 is 0 Å². The fourth-order valence-electron chi connectivity index (χ4n) is 2.80. The Kier molecular flexibility index (Phi) is 7.75. The minimum atomic E-state index is -0.771. The lowest BCUT2D eigenvalue weighted by atomic mass is 10.2. The predicted octanol–water partition coefficient (Wildman–Crippen LogP) is 4.06. The first kappa shape index (κ1) is 24.0. The van der Waals surface area contributed by atoms with Crippen molar-refractivity contribution >= 4 is 78.3 Å². The van der Waals surface area contributed by atoms with E-state index in [2.05, 4.69) is 37.2 Å². The minimum Gasteiger partial charge on any atom is -0.481 e. The Hall–Kier alpha value is -2.63. The lowest BCUT2D eigenvalue weighted by Gasteiger charge is -2.12. The molecule has 0 unspecified atom stereocenters. The third-order valence-electron chi connectivity index (χ3n) is 4.16. The standard InChI is InChI=1S/C21H17Br2N3O5S/c1-11-3-2-4-13(5-11)25-18(28)10-31-19-14(22)6-12(7-15(19)23)8-16-20(29)26(9-17(24)27)21(30)32-16/h2-8H,9-10H2,1H3,(H2,24,27)(H,25,28)/b16-8-. The Bertz CT molecular complexity index is 1130. The molecule has 1 saturated heterocycles. The number of hydrogen-bond acceptors (Lipinski definition) is 6. The summed E-state index contributed by atoms with van der Waals surface area (Å²) in [6.07, 6.45) is 1.52. The van der Waals surface area contributed by atoms with Gasteiger partial charge in [-0.25, -0.2) is 0 Å². The molecule has 0 spiro atoms. The molecule has 166 valence electrons. The molecule has 1 aliphatic heterocycles. The van der Waals surface area contributed by atoms with Gasteiger partial charge in [-0.15, -0.1) is 0 Å². The molecule has 1 heterocycles. The van der Waals surface area contributed by atoms with Crippen molar-refractivity contribution in [1.82, 2.24) is 4.90 Å². The number of benzene rings is 2. The van der Waals surface area contributed by atoms with E-state index in [0.29, 0.717) is 25.9 Å². The highest BCUT2D eigenvalue weighted by Crippen LogP contribution is 2.37. The van der Waals surface area contributed by atoms with Crippen LogP contribution in [0.1, 0.15) is 11.1 Å². The van der Waals surface area contributed by atoms with E-state index >= 15 is 0 Å². The molecule has 1 fully saturated rings. The van der Waals surface area contributed by atoms with Gasteiger partial charge in [0, 0.05) is 5.69 Å². The van der Waals surface area contributed by atoms with Crippen LogP contribution in [0.15, 0.2) is 50.2 Å². The van der Waals surface area contributed by atoms with Crippen molar-refractivity contribution in [2.45, 2.75) is 6.92 Å². The summed E-state index contributed by atoms with van der Waals surface area (Å²) in [6.45, 7) is 1.25. The van der Waals surface area contributed by atoms with Gasteiger partial charge in [-0.1, -0.05) is 12.1 Å². The van der Waals surface area contributed by atoms with Crippen molar-refractivity contribution < 1.29 is 23.9 Å². The van der Waals surface area contributed by atoms with E-state index in [1.807, 2.05) is 25.1 Å². The van der Waals surface area contributed by atoms with Crippen LogP contribution in [0.25, 0.3) is 6.08 Å². The molecule has 2 aromatic rings. The van der Waals surface area contributed by atoms with Gasteiger partial charge in [-0.05, 0) is 92.0 Å². The number of nitrogens with zero attached hydrogens (tertiary/aromatic N) is 1. The number of carbonyl (C=O) groups is 4. The fraction of sp³-hybridized carbons (Fsp3) is 0.143. The number of anilines is 1. The van der Waals surface area contributed by atoms with Gasteiger partial charge in [0.05, 0.1) is 13.9 Å². The van der Waals surface area contributed by atoms with Crippen molar-refractivity contribution in [2.75, 3.05) is 18.5 Å². The highest BCUT2D eigenvalue weighted by Gasteiger charge is 2.35. The van der Waals surface area contributed by atoms with E-state index in [1.165, 1.54) is 6.08 Å². The number of nitrogens with one attached hydrogen (secondary N) is 1. The van der Waals surface area contributed by atoms with E-state index in [1.54, 1.807) is 18.2 Å². The summed E-state index contributed by atoms with van der Waals surface area (Å²) >= 11 is 7.52. The molecule has 1 aliphatic rings. The summed E-state index contributed by atoms with van der Waals surface area (Å²) in [6, 6.07) is 10.8. The average molecular weight is 583 g/mol. The van der Waals surface area contributed by atoms with Gasteiger partial charge in [0.25, 0.3) is 17.1 Å². The number of primary amides is 1. The van der Waals surface area contributed by atoms with E-state index < -0.39 is 23.6 Å². The number of carbonyl (C=O) groups excluding carboxylic acids is 4. The van der Waals surface area contributed by atoms with Crippen molar-refractivity contribution in [1.29, 1.82) is 0 Å². The molecule has 0 aromatic heterocycles. The maximum absolute atomic E-state index is 12.4. The number of aryl methyl sites for hydroxylation is 1. The molecular weight excluding hydrogens is 566 g/mol. The summed E-state index contributed by atoms with van der Waals surface area (Å²) in [5.41, 5.74) is 7.39. The number of amides is 4. The van der Waals surface area contributed by atoms with Crippen molar-refractivity contribution in [2.24, 2.45) is 5.73 Å². The summed E-state index contributed by atoms with van der Waals surface area (Å²) in [5, 5.41) is 2.21. The Morgan fingerprint density at radius 3 is 2.50 bits per heavy atom. The Morgan fingerprint density at radius 2 is 1.88 bits per heavy atom. The average Bonchev–Trinajstić information content (AvgIpc) is 2.94. The zero-order valence-electron chi connectivity index (χ0n) is 16.7. The fourth-order valence-corrected chi connectivity index (χ4v) is 5.09. The van der Waals surface area contributed by atoms with Crippen LogP contribution in [-0.2, 0) is 14.4 Å². The smallest absolute Gasteiger partial charge is 0.294 e. The van der Waals surface area contributed by atoms with Crippen molar-refractivity contribution in [3.8, 4) is 5.75 Å². The first-order chi connectivity index (χ1) is 15.1. The molecule has 4 amide bonds. The summed E-state index contributed by atoms with van der Waals surface area (Å²) < 4.78 is 6.72. The molecule has 11 heteroatoms. The van der Waals surface area contributed by atoms with Gasteiger partial charge in [0.1, 0.15) is 12.3 Å². The number of halogens is 2. The third kappa shape index (κ3) is 5.99. The largest absolute Gasteiger partial charge is 0.481 e. The van der Waals surface area contributed by atoms with Gasteiger partial charge in [-0.2, -0.15) is 0 Å². The van der Waals surface area contributed by atoms with Gasteiger partial charge < -0.3 is 15.8 Å². The zero-order chi connectivity index (χ0) is 23.4. The number of imide groups is 1. The van der Waals surface area contributed by atoms with Crippen LogP contribution in [0.3, 0.4) is 0 Å².